The molecule has 17 heavy (non-hydrogen) atoms. The third kappa shape index (κ3) is 4.45. The van der Waals surface area contributed by atoms with E-state index in [4.69, 9.17) is 5.11 Å². The summed E-state index contributed by atoms with van der Waals surface area (Å²) < 4.78 is 0. The number of aromatic amines is 1. The van der Waals surface area contributed by atoms with Gasteiger partial charge in [0, 0.05) is 18.5 Å². The molecule has 0 aliphatic rings. The Hall–Kier alpha value is -2.18. The largest absolute Gasteiger partial charge is 0.481 e. The number of carbonyl (C=O) groups excluding carboxylic acids is 1. The predicted octanol–water partition coefficient (Wildman–Crippen LogP) is -0.247. The standard InChI is InChI=1S/C10H13N3O4/c1-6(2-5-9(15)16)11-10(17)7-3-4-8(14)13-12-7/h3-4,6H,2,5H2,1H3,(H,11,17)(H,13,14)(H,15,16). The molecule has 1 amide bonds. The van der Waals surface area contributed by atoms with E-state index in [-0.39, 0.29) is 23.7 Å². The lowest BCUT2D eigenvalue weighted by Gasteiger charge is -2.11. The highest BCUT2D eigenvalue weighted by molar-refractivity contribution is 5.92. The maximum atomic E-state index is 11.6. The van der Waals surface area contributed by atoms with Crippen LogP contribution in [0.2, 0.25) is 0 Å². The van der Waals surface area contributed by atoms with Crippen molar-refractivity contribution in [3.63, 3.8) is 0 Å². The molecule has 0 aromatic carbocycles. The highest BCUT2D eigenvalue weighted by Crippen LogP contribution is 1.98. The van der Waals surface area contributed by atoms with E-state index in [0.29, 0.717) is 6.42 Å². The van der Waals surface area contributed by atoms with Crippen molar-refractivity contribution >= 4 is 11.9 Å². The monoisotopic (exact) mass is 239 g/mol. The van der Waals surface area contributed by atoms with Gasteiger partial charge in [0.05, 0.1) is 0 Å². The topological polar surface area (TPSA) is 112 Å². The van der Waals surface area contributed by atoms with Crippen molar-refractivity contribution in [3.05, 3.63) is 28.2 Å². The molecule has 0 saturated carbocycles. The number of amides is 1. The number of carbonyl (C=O) groups is 2. The van der Waals surface area contributed by atoms with Crippen molar-refractivity contribution in [2.75, 3.05) is 0 Å². The molecule has 0 radical (unpaired) electrons. The van der Waals surface area contributed by atoms with Gasteiger partial charge in [-0.05, 0) is 19.4 Å². The molecule has 0 spiro atoms. The fourth-order valence-electron chi connectivity index (χ4n) is 1.18. The molecular formula is C10H13N3O4. The van der Waals surface area contributed by atoms with E-state index in [2.05, 4.69) is 15.5 Å². The number of hydrogen-bond acceptors (Lipinski definition) is 4. The Labute approximate surface area is 96.9 Å². The maximum Gasteiger partial charge on any atom is 0.303 e. The van der Waals surface area contributed by atoms with Crippen LogP contribution in [-0.4, -0.2) is 33.2 Å². The Balaban J connectivity index is 2.51. The van der Waals surface area contributed by atoms with Gasteiger partial charge in [-0.25, -0.2) is 5.10 Å². The second-order valence-electron chi connectivity index (χ2n) is 3.61. The van der Waals surface area contributed by atoms with Crippen molar-refractivity contribution in [2.45, 2.75) is 25.8 Å². The number of nitrogens with one attached hydrogen (secondary N) is 2. The average Bonchev–Trinajstić information content (AvgIpc) is 2.27. The zero-order valence-electron chi connectivity index (χ0n) is 9.27. The van der Waals surface area contributed by atoms with Crippen LogP contribution in [0, 0.1) is 0 Å². The van der Waals surface area contributed by atoms with E-state index in [1.54, 1.807) is 6.92 Å². The van der Waals surface area contributed by atoms with Crippen LogP contribution in [0.15, 0.2) is 16.9 Å². The number of carboxylic acid groups (broad SMARTS) is 1. The highest BCUT2D eigenvalue weighted by Gasteiger charge is 2.12. The van der Waals surface area contributed by atoms with Crippen LogP contribution >= 0.6 is 0 Å². The molecule has 0 fully saturated rings. The summed E-state index contributed by atoms with van der Waals surface area (Å²) in [7, 11) is 0. The molecule has 1 aromatic rings. The Kier molecular flexibility index (Phi) is 4.38. The molecule has 1 rings (SSSR count). The lowest BCUT2D eigenvalue weighted by atomic mass is 10.2. The minimum atomic E-state index is -0.909. The van der Waals surface area contributed by atoms with Gasteiger partial charge in [0.2, 0.25) is 0 Å². The molecule has 1 heterocycles. The van der Waals surface area contributed by atoms with Gasteiger partial charge in [-0.2, -0.15) is 5.10 Å². The number of aliphatic carboxylic acids is 1. The molecule has 1 aromatic heterocycles. The van der Waals surface area contributed by atoms with E-state index in [1.807, 2.05) is 0 Å². The SMILES string of the molecule is CC(CCC(=O)O)NC(=O)c1ccc(=O)[nH]n1. The molecule has 1 atom stereocenters. The third-order valence-corrected chi connectivity index (χ3v) is 2.08. The second-order valence-corrected chi connectivity index (χ2v) is 3.61. The Morgan fingerprint density at radius 1 is 1.53 bits per heavy atom. The molecule has 1 unspecified atom stereocenters. The van der Waals surface area contributed by atoms with Crippen LogP contribution in [0.3, 0.4) is 0 Å². The molecule has 3 N–H and O–H groups in total. The number of aromatic nitrogens is 2. The quantitative estimate of drug-likeness (QED) is 0.656. The molecule has 7 nitrogen and oxygen atoms in total. The third-order valence-electron chi connectivity index (χ3n) is 2.08. The van der Waals surface area contributed by atoms with E-state index < -0.39 is 11.9 Å². The van der Waals surface area contributed by atoms with Gasteiger partial charge in [0.15, 0.2) is 0 Å². The van der Waals surface area contributed by atoms with Gasteiger partial charge in [-0.1, -0.05) is 0 Å². The fourth-order valence-corrected chi connectivity index (χ4v) is 1.18. The van der Waals surface area contributed by atoms with Crippen LogP contribution in [0.5, 0.6) is 0 Å². The zero-order chi connectivity index (χ0) is 12.8. The summed E-state index contributed by atoms with van der Waals surface area (Å²) in [6, 6.07) is 2.23. The van der Waals surface area contributed by atoms with Gasteiger partial charge in [0.25, 0.3) is 11.5 Å². The van der Waals surface area contributed by atoms with Crippen LogP contribution in [0.25, 0.3) is 0 Å². The maximum absolute atomic E-state index is 11.6. The number of H-pyrrole nitrogens is 1. The second kappa shape index (κ2) is 5.78. The van der Waals surface area contributed by atoms with Crippen molar-refractivity contribution in [1.82, 2.24) is 15.5 Å². The molecule has 0 aliphatic heterocycles. The summed E-state index contributed by atoms with van der Waals surface area (Å²) in [6.07, 6.45) is 0.324. The van der Waals surface area contributed by atoms with E-state index in [0.717, 1.165) is 0 Å². The van der Waals surface area contributed by atoms with Crippen LogP contribution < -0.4 is 10.9 Å². The first kappa shape index (κ1) is 12.9. The Morgan fingerprint density at radius 3 is 2.76 bits per heavy atom. The van der Waals surface area contributed by atoms with E-state index in [9.17, 15) is 14.4 Å². The number of carboxylic acids is 1. The lowest BCUT2D eigenvalue weighted by molar-refractivity contribution is -0.137. The van der Waals surface area contributed by atoms with Gasteiger partial charge in [-0.3, -0.25) is 14.4 Å². The van der Waals surface area contributed by atoms with Crippen molar-refractivity contribution < 1.29 is 14.7 Å². The number of hydrogen-bond donors (Lipinski definition) is 3. The van der Waals surface area contributed by atoms with E-state index in [1.165, 1.54) is 12.1 Å². The smallest absolute Gasteiger partial charge is 0.303 e. The summed E-state index contributed by atoms with van der Waals surface area (Å²) in [4.78, 5) is 32.6. The molecule has 0 aliphatic carbocycles. The molecule has 7 heteroatoms. The number of nitrogens with zero attached hydrogens (tertiary/aromatic N) is 1. The minimum Gasteiger partial charge on any atom is -0.481 e. The minimum absolute atomic E-state index is 0.0134. The van der Waals surface area contributed by atoms with Gasteiger partial charge in [0.1, 0.15) is 5.69 Å². The average molecular weight is 239 g/mol. The molecular weight excluding hydrogens is 226 g/mol. The van der Waals surface area contributed by atoms with Crippen molar-refractivity contribution in [3.8, 4) is 0 Å². The normalized spacial score (nSPS) is 11.8. The number of rotatable bonds is 5. The Bertz CT molecular complexity index is 448. The highest BCUT2D eigenvalue weighted by atomic mass is 16.4. The van der Waals surface area contributed by atoms with Crippen molar-refractivity contribution in [1.29, 1.82) is 0 Å². The summed E-state index contributed by atoms with van der Waals surface area (Å²) in [5.74, 6) is -1.35. The lowest BCUT2D eigenvalue weighted by Crippen LogP contribution is -2.34. The summed E-state index contributed by atoms with van der Waals surface area (Å²) >= 11 is 0. The predicted molar refractivity (Wildman–Crippen MR) is 58.7 cm³/mol. The first-order valence-corrected chi connectivity index (χ1v) is 5.07. The molecule has 0 bridgehead atoms. The fraction of sp³-hybridized carbons (Fsp3) is 0.400. The van der Waals surface area contributed by atoms with Crippen molar-refractivity contribution in [2.24, 2.45) is 0 Å². The first-order chi connectivity index (χ1) is 7.99. The summed E-state index contributed by atoms with van der Waals surface area (Å²) in [6.45, 7) is 1.70. The molecule has 0 saturated heterocycles. The first-order valence-electron chi connectivity index (χ1n) is 5.07. The van der Waals surface area contributed by atoms with Crippen LogP contribution in [-0.2, 0) is 4.79 Å². The van der Waals surface area contributed by atoms with Crippen LogP contribution in [0.4, 0.5) is 0 Å². The van der Waals surface area contributed by atoms with E-state index >= 15 is 0 Å². The van der Waals surface area contributed by atoms with Gasteiger partial charge >= 0.3 is 5.97 Å². The summed E-state index contributed by atoms with van der Waals surface area (Å²) in [5.41, 5.74) is -0.299. The Morgan fingerprint density at radius 2 is 2.24 bits per heavy atom. The summed E-state index contributed by atoms with van der Waals surface area (Å²) in [5, 5.41) is 16.8. The molecule has 92 valence electrons. The van der Waals surface area contributed by atoms with Gasteiger partial charge in [-0.15, -0.1) is 0 Å². The van der Waals surface area contributed by atoms with Crippen LogP contribution in [0.1, 0.15) is 30.3 Å². The zero-order valence-corrected chi connectivity index (χ0v) is 9.27. The van der Waals surface area contributed by atoms with Gasteiger partial charge < -0.3 is 10.4 Å².